The topological polar surface area (TPSA) is 55.4 Å². The third-order valence-corrected chi connectivity index (χ3v) is 5.88. The first kappa shape index (κ1) is 18.6. The Morgan fingerprint density at radius 1 is 1.12 bits per heavy atom. The molecular weight excluding hydrogens is 390 g/mol. The molecule has 0 fully saturated rings. The van der Waals surface area contributed by atoms with Crippen molar-refractivity contribution < 1.29 is 14.3 Å². The molecule has 2 heterocycles. The molecule has 1 aromatic carbocycles. The highest BCUT2D eigenvalue weighted by Gasteiger charge is 2.20. The Morgan fingerprint density at radius 2 is 1.88 bits per heavy atom. The molecule has 1 amide bonds. The number of rotatable bonds is 6. The first-order valence-corrected chi connectivity index (χ1v) is 9.98. The van der Waals surface area contributed by atoms with Gasteiger partial charge >= 0.3 is 5.97 Å². The average molecular weight is 406 g/mol. The van der Waals surface area contributed by atoms with E-state index in [9.17, 15) is 9.59 Å². The van der Waals surface area contributed by atoms with E-state index in [2.05, 4.69) is 5.32 Å². The van der Waals surface area contributed by atoms with Gasteiger partial charge in [-0.1, -0.05) is 41.9 Å². The number of anilines is 1. The highest BCUT2D eigenvalue weighted by molar-refractivity contribution is 7.18. The van der Waals surface area contributed by atoms with Crippen LogP contribution in [0.4, 0.5) is 5.69 Å². The number of carbonyl (C=O) groups excluding carboxylic acids is 2. The minimum Gasteiger partial charge on any atom is -0.462 e. The third-order valence-electron chi connectivity index (χ3n) is 3.49. The molecular formula is C19H16ClNO3S2. The average Bonchev–Trinajstić information content (AvgIpc) is 3.22. The van der Waals surface area contributed by atoms with Gasteiger partial charge < -0.3 is 10.1 Å². The predicted octanol–water partition coefficient (Wildman–Crippen LogP) is 5.49. The number of ether oxygens (including phenoxy) is 1. The van der Waals surface area contributed by atoms with Crippen LogP contribution in [0.5, 0.6) is 0 Å². The number of halogens is 1. The van der Waals surface area contributed by atoms with E-state index in [0.29, 0.717) is 14.9 Å². The molecule has 3 aromatic rings. The van der Waals surface area contributed by atoms with Gasteiger partial charge in [-0.2, -0.15) is 0 Å². The summed E-state index contributed by atoms with van der Waals surface area (Å²) in [5.41, 5.74) is 1.45. The minimum absolute atomic E-state index is 0.202. The SMILES string of the molecule is CCOC(=O)c1sc(-c2ccccc2)cc1NC(=O)Cc1ccc(Cl)s1. The van der Waals surface area contributed by atoms with Crippen LogP contribution < -0.4 is 5.32 Å². The van der Waals surface area contributed by atoms with Crippen molar-refractivity contribution in [2.75, 3.05) is 11.9 Å². The van der Waals surface area contributed by atoms with Crippen molar-refractivity contribution in [3.05, 3.63) is 62.6 Å². The van der Waals surface area contributed by atoms with Crippen molar-refractivity contribution in [1.29, 1.82) is 0 Å². The summed E-state index contributed by atoms with van der Waals surface area (Å²) >= 11 is 8.57. The summed E-state index contributed by atoms with van der Waals surface area (Å²) in [5.74, 6) is -0.638. The summed E-state index contributed by atoms with van der Waals surface area (Å²) in [6, 6.07) is 15.1. The number of thiophene rings is 2. The van der Waals surface area contributed by atoms with Crippen molar-refractivity contribution in [3.8, 4) is 10.4 Å². The van der Waals surface area contributed by atoms with Crippen LogP contribution in [0.1, 0.15) is 21.5 Å². The number of carbonyl (C=O) groups is 2. The van der Waals surface area contributed by atoms with Crippen molar-refractivity contribution in [3.63, 3.8) is 0 Å². The van der Waals surface area contributed by atoms with Crippen LogP contribution in [0.2, 0.25) is 4.34 Å². The van der Waals surface area contributed by atoms with E-state index < -0.39 is 5.97 Å². The molecule has 0 aliphatic heterocycles. The molecule has 0 aliphatic rings. The molecule has 0 saturated heterocycles. The van der Waals surface area contributed by atoms with Gasteiger partial charge in [0.2, 0.25) is 5.91 Å². The molecule has 1 N–H and O–H groups in total. The molecule has 4 nitrogen and oxygen atoms in total. The zero-order valence-corrected chi connectivity index (χ0v) is 16.3. The Kier molecular flexibility index (Phi) is 6.08. The van der Waals surface area contributed by atoms with Crippen molar-refractivity contribution in [2.45, 2.75) is 13.3 Å². The maximum atomic E-state index is 12.4. The molecule has 3 rings (SSSR count). The Morgan fingerprint density at radius 3 is 2.54 bits per heavy atom. The van der Waals surface area contributed by atoms with Crippen molar-refractivity contribution in [2.24, 2.45) is 0 Å². The fourth-order valence-corrected chi connectivity index (χ4v) is 4.48. The van der Waals surface area contributed by atoms with E-state index in [1.54, 1.807) is 13.0 Å². The van der Waals surface area contributed by atoms with Gasteiger partial charge in [-0.15, -0.1) is 22.7 Å². The highest BCUT2D eigenvalue weighted by Crippen LogP contribution is 2.35. The maximum absolute atomic E-state index is 12.4. The number of esters is 1. The summed E-state index contributed by atoms with van der Waals surface area (Å²) < 4.78 is 5.77. The maximum Gasteiger partial charge on any atom is 0.350 e. The highest BCUT2D eigenvalue weighted by atomic mass is 35.5. The molecule has 2 aromatic heterocycles. The number of amides is 1. The summed E-state index contributed by atoms with van der Waals surface area (Å²) in [6.07, 6.45) is 0.205. The Balaban J connectivity index is 1.85. The Labute approximate surface area is 164 Å². The predicted molar refractivity (Wildman–Crippen MR) is 107 cm³/mol. The Hall–Kier alpha value is -2.15. The lowest BCUT2D eigenvalue weighted by Crippen LogP contribution is -2.15. The van der Waals surface area contributed by atoms with Gasteiger partial charge in [0, 0.05) is 9.75 Å². The van der Waals surface area contributed by atoms with Gasteiger partial charge in [0.15, 0.2) is 0 Å². The molecule has 0 atom stereocenters. The lowest BCUT2D eigenvalue weighted by Gasteiger charge is -2.05. The fourth-order valence-electron chi connectivity index (χ4n) is 2.38. The lowest BCUT2D eigenvalue weighted by atomic mass is 10.2. The van der Waals surface area contributed by atoms with Crippen LogP contribution in [0.3, 0.4) is 0 Å². The van der Waals surface area contributed by atoms with Gasteiger partial charge in [-0.25, -0.2) is 4.79 Å². The number of hydrogen-bond donors (Lipinski definition) is 1. The summed E-state index contributed by atoms with van der Waals surface area (Å²) in [6.45, 7) is 2.03. The van der Waals surface area contributed by atoms with E-state index in [1.807, 2.05) is 42.5 Å². The summed E-state index contributed by atoms with van der Waals surface area (Å²) in [7, 11) is 0. The Bertz CT molecular complexity index is 918. The normalized spacial score (nSPS) is 10.5. The van der Waals surface area contributed by atoms with E-state index in [-0.39, 0.29) is 18.9 Å². The van der Waals surface area contributed by atoms with E-state index >= 15 is 0 Å². The zero-order chi connectivity index (χ0) is 18.5. The standard InChI is InChI=1S/C19H16ClNO3S2/c1-2-24-19(23)18-14(11-15(26-18)12-6-4-3-5-7-12)21-17(22)10-13-8-9-16(20)25-13/h3-9,11H,2,10H2,1H3,(H,21,22). The van der Waals surface area contributed by atoms with Crippen LogP contribution in [0.15, 0.2) is 48.5 Å². The fraction of sp³-hybridized carbons (Fsp3) is 0.158. The molecule has 7 heteroatoms. The quantitative estimate of drug-likeness (QED) is 0.552. The second kappa shape index (κ2) is 8.49. The molecule has 0 unspecified atom stereocenters. The lowest BCUT2D eigenvalue weighted by molar-refractivity contribution is -0.115. The van der Waals surface area contributed by atoms with Crippen LogP contribution in [-0.4, -0.2) is 18.5 Å². The molecule has 26 heavy (non-hydrogen) atoms. The number of benzene rings is 1. The van der Waals surface area contributed by atoms with Gasteiger partial charge in [0.25, 0.3) is 0 Å². The largest absolute Gasteiger partial charge is 0.462 e. The van der Waals surface area contributed by atoms with Crippen LogP contribution >= 0.6 is 34.3 Å². The molecule has 0 bridgehead atoms. The summed E-state index contributed by atoms with van der Waals surface area (Å²) in [4.78, 5) is 26.8. The van der Waals surface area contributed by atoms with Crippen LogP contribution in [0.25, 0.3) is 10.4 Å². The number of hydrogen-bond acceptors (Lipinski definition) is 5. The summed E-state index contributed by atoms with van der Waals surface area (Å²) in [5, 5.41) is 2.83. The van der Waals surface area contributed by atoms with E-state index in [1.165, 1.54) is 22.7 Å². The van der Waals surface area contributed by atoms with Gasteiger partial charge in [0.05, 0.1) is 23.1 Å². The van der Waals surface area contributed by atoms with Crippen LogP contribution in [-0.2, 0) is 16.0 Å². The van der Waals surface area contributed by atoms with Gasteiger partial charge in [-0.3, -0.25) is 4.79 Å². The zero-order valence-electron chi connectivity index (χ0n) is 14.0. The van der Waals surface area contributed by atoms with Gasteiger partial charge in [-0.05, 0) is 30.7 Å². The molecule has 0 radical (unpaired) electrons. The van der Waals surface area contributed by atoms with Crippen LogP contribution in [0, 0.1) is 0 Å². The second-order valence-corrected chi connectivity index (χ2v) is 8.22. The molecule has 0 aliphatic carbocycles. The first-order chi connectivity index (χ1) is 12.6. The minimum atomic E-state index is -0.436. The third kappa shape index (κ3) is 4.52. The van der Waals surface area contributed by atoms with E-state index in [0.717, 1.165) is 15.3 Å². The first-order valence-electron chi connectivity index (χ1n) is 7.97. The second-order valence-electron chi connectivity index (χ2n) is 5.37. The van der Waals surface area contributed by atoms with Gasteiger partial charge in [0.1, 0.15) is 4.88 Å². The van der Waals surface area contributed by atoms with E-state index in [4.69, 9.17) is 16.3 Å². The molecule has 0 saturated carbocycles. The molecule has 0 spiro atoms. The smallest absolute Gasteiger partial charge is 0.350 e. The monoisotopic (exact) mass is 405 g/mol. The molecule has 134 valence electrons. The number of nitrogens with one attached hydrogen (secondary N) is 1. The van der Waals surface area contributed by atoms with Crippen molar-refractivity contribution in [1.82, 2.24) is 0 Å². The van der Waals surface area contributed by atoms with Crippen molar-refractivity contribution >= 4 is 51.8 Å².